The van der Waals surface area contributed by atoms with E-state index in [1.807, 2.05) is 24.3 Å². The van der Waals surface area contributed by atoms with Crippen molar-refractivity contribution in [2.75, 3.05) is 0 Å². The van der Waals surface area contributed by atoms with Crippen LogP contribution in [0.4, 0.5) is 0 Å². The van der Waals surface area contributed by atoms with Gasteiger partial charge in [-0.25, -0.2) is 4.98 Å². The molecule has 3 nitrogen and oxygen atoms in total. The van der Waals surface area contributed by atoms with Crippen LogP contribution in [0, 0.1) is 25.2 Å². The van der Waals surface area contributed by atoms with Crippen LogP contribution in [0.5, 0.6) is 0 Å². The maximum Gasteiger partial charge on any atom is 0.156 e. The topological polar surface area (TPSA) is 41.6 Å². The summed E-state index contributed by atoms with van der Waals surface area (Å²) in [6.07, 6.45) is 1.97. The summed E-state index contributed by atoms with van der Waals surface area (Å²) in [5, 5.41) is 12.2. The third kappa shape index (κ3) is 3.65. The first kappa shape index (κ1) is 19.6. The van der Waals surface area contributed by atoms with E-state index in [4.69, 9.17) is 0 Å². The lowest BCUT2D eigenvalue weighted by Crippen LogP contribution is -2.00. The summed E-state index contributed by atoms with van der Waals surface area (Å²) < 4.78 is 4.29. The van der Waals surface area contributed by atoms with Crippen molar-refractivity contribution in [3.63, 3.8) is 0 Å². The van der Waals surface area contributed by atoms with Crippen LogP contribution < -0.4 is 0 Å². The number of benzene rings is 3. The van der Waals surface area contributed by atoms with E-state index >= 15 is 0 Å². The van der Waals surface area contributed by atoms with E-state index < -0.39 is 0 Å². The Morgan fingerprint density at radius 2 is 1.81 bits per heavy atom. The predicted octanol–water partition coefficient (Wildman–Crippen LogP) is 7.51. The smallest absolute Gasteiger partial charge is 0.156 e. The minimum absolute atomic E-state index is 0.636. The number of fused-ring (bicyclic) bond motifs is 2. The van der Waals surface area contributed by atoms with Crippen LogP contribution in [0.3, 0.4) is 0 Å². The van der Waals surface area contributed by atoms with Gasteiger partial charge in [0.1, 0.15) is 6.07 Å². The molecule has 5 aromatic rings. The van der Waals surface area contributed by atoms with E-state index in [0.717, 1.165) is 37.2 Å². The highest BCUT2D eigenvalue weighted by Gasteiger charge is 2.13. The molecule has 5 rings (SSSR count). The monoisotopic (exact) mass is 437 g/mol. The molecule has 0 atom stereocenters. The Morgan fingerprint density at radius 3 is 2.65 bits per heavy atom. The van der Waals surface area contributed by atoms with Crippen molar-refractivity contribution in [3.8, 4) is 11.8 Å². The zero-order chi connectivity index (χ0) is 21.4. The molecule has 3 aromatic carbocycles. The van der Waals surface area contributed by atoms with Crippen LogP contribution in [0.2, 0.25) is 0 Å². The van der Waals surface area contributed by atoms with E-state index in [-0.39, 0.29) is 0 Å². The molecule has 150 valence electrons. The summed E-state index contributed by atoms with van der Waals surface area (Å²) in [6.45, 7) is 4.22. The number of aryl methyl sites for hydroxylation is 1. The first-order valence-corrected chi connectivity index (χ1v) is 11.6. The third-order valence-corrected chi connectivity index (χ3v) is 7.37. The minimum atomic E-state index is 0.636. The molecule has 0 fully saturated rings. The summed E-state index contributed by atoms with van der Waals surface area (Å²) >= 11 is 3.05. The number of thiazole rings is 1. The van der Waals surface area contributed by atoms with Crippen molar-refractivity contribution in [2.45, 2.75) is 18.2 Å². The van der Waals surface area contributed by atoms with Gasteiger partial charge in [0.25, 0.3) is 0 Å². The van der Waals surface area contributed by atoms with Gasteiger partial charge in [-0.1, -0.05) is 48.5 Å². The molecule has 0 bridgehead atoms. The van der Waals surface area contributed by atoms with Gasteiger partial charge in [-0.3, -0.25) is 0 Å². The number of hydrogen-bond donors (Lipinski definition) is 0. The summed E-state index contributed by atoms with van der Waals surface area (Å²) in [6, 6.07) is 27.4. The maximum absolute atomic E-state index is 9.78. The molecular formula is C26H19N3S2. The summed E-state index contributed by atoms with van der Waals surface area (Å²) in [7, 11) is 0. The molecule has 5 heteroatoms. The molecule has 0 aliphatic rings. The van der Waals surface area contributed by atoms with E-state index in [1.54, 1.807) is 11.3 Å². The number of nitriles is 1. The molecule has 0 aliphatic carbocycles. The lowest BCUT2D eigenvalue weighted by atomic mass is 10.1. The number of thioether (sulfide) groups is 1. The number of aromatic nitrogens is 2. The van der Waals surface area contributed by atoms with Gasteiger partial charge in [0.05, 0.1) is 20.8 Å². The van der Waals surface area contributed by atoms with Gasteiger partial charge < -0.3 is 4.57 Å². The average molecular weight is 438 g/mol. The Bertz CT molecular complexity index is 1460. The highest BCUT2D eigenvalue weighted by Crippen LogP contribution is 2.35. The van der Waals surface area contributed by atoms with Crippen molar-refractivity contribution < 1.29 is 0 Å². The van der Waals surface area contributed by atoms with Gasteiger partial charge in [0, 0.05) is 16.8 Å². The first-order chi connectivity index (χ1) is 15.1. The van der Waals surface area contributed by atoms with Crippen LogP contribution in [0.1, 0.15) is 17.0 Å². The molecule has 0 aliphatic heterocycles. The van der Waals surface area contributed by atoms with Gasteiger partial charge in [-0.15, -0.1) is 11.3 Å². The molecule has 31 heavy (non-hydrogen) atoms. The summed E-state index contributed by atoms with van der Waals surface area (Å²) in [4.78, 5) is 5.29. The predicted molar refractivity (Wildman–Crippen MR) is 132 cm³/mol. The van der Waals surface area contributed by atoms with Crippen LogP contribution in [0.15, 0.2) is 82.0 Å². The average Bonchev–Trinajstić information content (AvgIpc) is 3.32. The molecule has 0 N–H and O–H groups in total. The first-order valence-electron chi connectivity index (χ1n) is 9.96. The Morgan fingerprint density at radius 1 is 1.03 bits per heavy atom. The van der Waals surface area contributed by atoms with Crippen molar-refractivity contribution in [1.29, 1.82) is 5.26 Å². The third-order valence-electron chi connectivity index (χ3n) is 5.35. The van der Waals surface area contributed by atoms with Crippen molar-refractivity contribution in [3.05, 3.63) is 94.7 Å². The van der Waals surface area contributed by atoms with Gasteiger partial charge in [-0.2, -0.15) is 5.26 Å². The fourth-order valence-electron chi connectivity index (χ4n) is 3.92. The number of nitrogens with zero attached hydrogens (tertiary/aromatic N) is 3. The normalized spacial score (nSPS) is 11.8. The van der Waals surface area contributed by atoms with Crippen LogP contribution in [0.25, 0.3) is 32.8 Å². The number of hydrogen-bond acceptors (Lipinski definition) is 4. The fraction of sp³-hybridized carbons (Fsp3) is 0.0769. The second kappa shape index (κ2) is 8.07. The molecule has 0 spiro atoms. The van der Waals surface area contributed by atoms with Crippen molar-refractivity contribution in [1.82, 2.24) is 9.55 Å². The largest absolute Gasteiger partial charge is 0.317 e. The van der Waals surface area contributed by atoms with Gasteiger partial charge >= 0.3 is 0 Å². The van der Waals surface area contributed by atoms with Crippen LogP contribution >= 0.6 is 23.1 Å². The zero-order valence-electron chi connectivity index (χ0n) is 17.2. The zero-order valence-corrected chi connectivity index (χ0v) is 18.8. The number of allylic oxidation sites excluding steroid dienone is 1. The lowest BCUT2D eigenvalue weighted by Gasteiger charge is -2.13. The van der Waals surface area contributed by atoms with Crippen molar-refractivity contribution in [2.24, 2.45) is 0 Å². The Hall–Kier alpha value is -3.33. The van der Waals surface area contributed by atoms with Crippen molar-refractivity contribution >= 4 is 50.2 Å². The Balaban J connectivity index is 1.54. The number of para-hydroxylation sites is 1. The summed E-state index contributed by atoms with van der Waals surface area (Å²) in [5.41, 5.74) is 5.44. The van der Waals surface area contributed by atoms with E-state index in [9.17, 15) is 5.26 Å². The Kier molecular flexibility index (Phi) is 5.11. The minimum Gasteiger partial charge on any atom is -0.317 e. The highest BCUT2D eigenvalue weighted by atomic mass is 32.2. The SMILES string of the molecule is Cc1cc(C=C(C#N)Sc2nc3ccccc3s2)c(C)n1-c1cccc2ccccc12. The molecule has 0 saturated carbocycles. The standard InChI is InChI=1S/C26H19N3S2/c1-17-14-20(15-21(16-27)30-26-28-23-11-5-6-13-25(23)31-26)18(2)29(17)24-12-7-9-19-8-3-4-10-22(19)24/h3-15H,1-2H3. The quantitative estimate of drug-likeness (QED) is 0.216. The van der Waals surface area contributed by atoms with E-state index in [2.05, 4.69) is 84.1 Å². The van der Waals surface area contributed by atoms with Crippen LogP contribution in [-0.2, 0) is 0 Å². The Labute approximate surface area is 189 Å². The molecule has 0 radical (unpaired) electrons. The highest BCUT2D eigenvalue weighted by molar-refractivity contribution is 8.05. The lowest BCUT2D eigenvalue weighted by molar-refractivity contribution is 0.973. The molecular weight excluding hydrogens is 418 g/mol. The van der Waals surface area contributed by atoms with Gasteiger partial charge in [0.15, 0.2) is 4.34 Å². The van der Waals surface area contributed by atoms with Crippen LogP contribution in [-0.4, -0.2) is 9.55 Å². The maximum atomic E-state index is 9.78. The van der Waals surface area contributed by atoms with Gasteiger partial charge in [-0.05, 0) is 66.9 Å². The van der Waals surface area contributed by atoms with E-state index in [0.29, 0.717) is 4.91 Å². The summed E-state index contributed by atoms with van der Waals surface area (Å²) in [5.74, 6) is 0. The fourth-order valence-corrected chi connectivity index (χ4v) is 5.89. The second-order valence-corrected chi connectivity index (χ2v) is 9.65. The number of rotatable bonds is 4. The molecule has 0 unspecified atom stereocenters. The van der Waals surface area contributed by atoms with Gasteiger partial charge in [0.2, 0.25) is 0 Å². The van der Waals surface area contributed by atoms with E-state index in [1.165, 1.54) is 22.5 Å². The molecule has 0 amide bonds. The second-order valence-electron chi connectivity index (χ2n) is 7.33. The molecule has 2 heterocycles. The molecule has 0 saturated heterocycles. The molecule has 2 aromatic heterocycles.